The molecule has 0 aliphatic carbocycles. The molecule has 1 heterocycles. The van der Waals surface area contributed by atoms with Crippen LogP contribution >= 0.6 is 0 Å². The van der Waals surface area contributed by atoms with Gasteiger partial charge < -0.3 is 19.4 Å². The summed E-state index contributed by atoms with van der Waals surface area (Å²) in [5.41, 5.74) is 1.41. The summed E-state index contributed by atoms with van der Waals surface area (Å²) >= 11 is 0. The lowest BCUT2D eigenvalue weighted by Crippen LogP contribution is -2.29. The minimum atomic E-state index is -0.311. The lowest BCUT2D eigenvalue weighted by molar-refractivity contribution is 0.0930. The molecular weight excluding hydrogens is 282 g/mol. The summed E-state index contributed by atoms with van der Waals surface area (Å²) < 4.78 is 11.7. The lowest BCUT2D eigenvalue weighted by atomic mass is 10.2. The van der Waals surface area contributed by atoms with Crippen molar-refractivity contribution in [3.05, 3.63) is 47.8 Å². The molecule has 2 rings (SSSR count). The Kier molecular flexibility index (Phi) is 5.17. The minimum Gasteiger partial charge on any atom is -0.497 e. The second-order valence-electron chi connectivity index (χ2n) is 4.51. The predicted octanol–water partition coefficient (Wildman–Crippen LogP) is 1.73. The molecule has 0 aliphatic rings. The molecule has 0 saturated carbocycles. The number of hydrogen-bond donors (Lipinski definition) is 1. The van der Waals surface area contributed by atoms with Gasteiger partial charge in [-0.05, 0) is 30.3 Å². The van der Waals surface area contributed by atoms with E-state index in [4.69, 9.17) is 9.47 Å². The van der Waals surface area contributed by atoms with Crippen LogP contribution in [0.15, 0.2) is 36.5 Å². The van der Waals surface area contributed by atoms with Gasteiger partial charge in [0.1, 0.15) is 17.5 Å². The largest absolute Gasteiger partial charge is 0.497 e. The molecule has 1 amide bonds. The summed E-state index contributed by atoms with van der Waals surface area (Å²) in [6, 6.07) is 10.9. The Morgan fingerprint density at radius 1 is 1.27 bits per heavy atom. The van der Waals surface area contributed by atoms with Crippen molar-refractivity contribution < 1.29 is 14.3 Å². The zero-order chi connectivity index (χ0) is 15.9. The number of rotatable bonds is 6. The summed E-state index contributed by atoms with van der Waals surface area (Å²) in [5.74, 6) is 0.414. The van der Waals surface area contributed by atoms with Crippen molar-refractivity contribution in [2.75, 3.05) is 27.4 Å². The number of hydrogen-bond acceptors (Lipinski definition) is 4. The van der Waals surface area contributed by atoms with Gasteiger partial charge in [-0.2, -0.15) is 5.26 Å². The zero-order valence-corrected chi connectivity index (χ0v) is 12.5. The monoisotopic (exact) mass is 299 g/mol. The number of carbonyl (C=O) groups excluding carboxylic acids is 1. The van der Waals surface area contributed by atoms with E-state index in [1.54, 1.807) is 43.2 Å². The molecular formula is C16H17N3O3. The van der Waals surface area contributed by atoms with E-state index in [0.29, 0.717) is 24.4 Å². The standard InChI is InChI=1S/C16H17N3O3/c1-21-10-8-18-16(20)15-12(11-17)7-9-19(15)13-3-5-14(22-2)6-4-13/h3-7,9H,8,10H2,1-2H3,(H,18,20). The zero-order valence-electron chi connectivity index (χ0n) is 12.5. The number of aromatic nitrogens is 1. The van der Waals surface area contributed by atoms with Gasteiger partial charge in [-0.1, -0.05) is 0 Å². The van der Waals surface area contributed by atoms with Gasteiger partial charge in [0, 0.05) is 25.5 Å². The quantitative estimate of drug-likeness (QED) is 0.824. The second-order valence-corrected chi connectivity index (χ2v) is 4.51. The van der Waals surface area contributed by atoms with E-state index in [1.807, 2.05) is 18.2 Å². The van der Waals surface area contributed by atoms with Crippen LogP contribution in [-0.4, -0.2) is 37.8 Å². The molecule has 0 bridgehead atoms. The fraction of sp³-hybridized carbons (Fsp3) is 0.250. The van der Waals surface area contributed by atoms with Crippen molar-refractivity contribution in [3.63, 3.8) is 0 Å². The maximum absolute atomic E-state index is 12.3. The van der Waals surface area contributed by atoms with Gasteiger partial charge in [-0.25, -0.2) is 0 Å². The molecule has 0 radical (unpaired) electrons. The highest BCUT2D eigenvalue weighted by Gasteiger charge is 2.17. The van der Waals surface area contributed by atoms with Gasteiger partial charge in [0.25, 0.3) is 5.91 Å². The topological polar surface area (TPSA) is 76.3 Å². The van der Waals surface area contributed by atoms with E-state index in [0.717, 1.165) is 11.4 Å². The Morgan fingerprint density at radius 3 is 2.59 bits per heavy atom. The molecule has 1 aromatic carbocycles. The van der Waals surface area contributed by atoms with Crippen molar-refractivity contribution in [3.8, 4) is 17.5 Å². The third-order valence-electron chi connectivity index (χ3n) is 3.16. The number of ether oxygens (including phenoxy) is 2. The normalized spacial score (nSPS) is 10.0. The van der Waals surface area contributed by atoms with E-state index in [2.05, 4.69) is 5.32 Å². The van der Waals surface area contributed by atoms with Crippen molar-refractivity contribution in [1.82, 2.24) is 9.88 Å². The molecule has 1 N–H and O–H groups in total. The molecule has 22 heavy (non-hydrogen) atoms. The third kappa shape index (κ3) is 3.27. The van der Waals surface area contributed by atoms with Crippen LogP contribution in [0.5, 0.6) is 5.75 Å². The van der Waals surface area contributed by atoms with E-state index in [-0.39, 0.29) is 5.91 Å². The number of nitrogens with one attached hydrogen (secondary N) is 1. The molecule has 6 nitrogen and oxygen atoms in total. The van der Waals surface area contributed by atoms with Crippen molar-refractivity contribution >= 4 is 5.91 Å². The summed E-state index contributed by atoms with van der Waals surface area (Å²) in [6.07, 6.45) is 1.70. The molecule has 2 aromatic rings. The van der Waals surface area contributed by atoms with Crippen molar-refractivity contribution in [2.24, 2.45) is 0 Å². The SMILES string of the molecule is COCCNC(=O)c1c(C#N)ccn1-c1ccc(OC)cc1. The molecule has 0 saturated heterocycles. The predicted molar refractivity (Wildman–Crippen MR) is 81.2 cm³/mol. The Bertz CT molecular complexity index is 684. The first-order chi connectivity index (χ1) is 10.7. The molecule has 0 atom stereocenters. The lowest BCUT2D eigenvalue weighted by Gasteiger charge is -2.11. The van der Waals surface area contributed by atoms with Crippen LogP contribution in [0, 0.1) is 11.3 Å². The van der Waals surface area contributed by atoms with Gasteiger partial charge in [-0.3, -0.25) is 4.79 Å². The maximum Gasteiger partial charge on any atom is 0.269 e. The van der Waals surface area contributed by atoms with Crippen LogP contribution in [0.3, 0.4) is 0 Å². The van der Waals surface area contributed by atoms with Gasteiger partial charge in [0.05, 0.1) is 19.3 Å². The molecule has 0 unspecified atom stereocenters. The average molecular weight is 299 g/mol. The molecule has 1 aromatic heterocycles. The van der Waals surface area contributed by atoms with Crippen LogP contribution < -0.4 is 10.1 Å². The molecule has 0 aliphatic heterocycles. The van der Waals surface area contributed by atoms with E-state index >= 15 is 0 Å². The highest BCUT2D eigenvalue weighted by atomic mass is 16.5. The van der Waals surface area contributed by atoms with Gasteiger partial charge in [-0.15, -0.1) is 0 Å². The molecule has 114 valence electrons. The van der Waals surface area contributed by atoms with Crippen LogP contribution in [0.4, 0.5) is 0 Å². The first-order valence-corrected chi connectivity index (χ1v) is 6.74. The Morgan fingerprint density at radius 2 is 2.00 bits per heavy atom. The Labute approximate surface area is 128 Å². The summed E-state index contributed by atoms with van der Waals surface area (Å²) in [6.45, 7) is 0.796. The average Bonchev–Trinajstić information content (AvgIpc) is 2.99. The highest BCUT2D eigenvalue weighted by Crippen LogP contribution is 2.19. The fourth-order valence-corrected chi connectivity index (χ4v) is 2.06. The van der Waals surface area contributed by atoms with Crippen LogP contribution in [-0.2, 0) is 4.74 Å². The van der Waals surface area contributed by atoms with Crippen LogP contribution in [0.1, 0.15) is 16.1 Å². The number of amides is 1. The summed E-state index contributed by atoms with van der Waals surface area (Å²) in [5, 5.41) is 11.9. The first kappa shape index (κ1) is 15.6. The highest BCUT2D eigenvalue weighted by molar-refractivity contribution is 5.95. The molecule has 0 fully saturated rings. The van der Waals surface area contributed by atoms with Crippen molar-refractivity contribution in [2.45, 2.75) is 0 Å². The Hall–Kier alpha value is -2.78. The molecule has 6 heteroatoms. The minimum absolute atomic E-state index is 0.309. The van der Waals surface area contributed by atoms with E-state index in [1.165, 1.54) is 0 Å². The van der Waals surface area contributed by atoms with Gasteiger partial charge in [0.15, 0.2) is 0 Å². The van der Waals surface area contributed by atoms with Crippen LogP contribution in [0.25, 0.3) is 5.69 Å². The smallest absolute Gasteiger partial charge is 0.269 e. The second kappa shape index (κ2) is 7.29. The number of carbonyl (C=O) groups is 1. The van der Waals surface area contributed by atoms with Gasteiger partial charge >= 0.3 is 0 Å². The summed E-state index contributed by atoms with van der Waals surface area (Å²) in [4.78, 5) is 12.3. The Balaban J connectivity index is 2.33. The van der Waals surface area contributed by atoms with E-state index < -0.39 is 0 Å². The first-order valence-electron chi connectivity index (χ1n) is 6.74. The van der Waals surface area contributed by atoms with Gasteiger partial charge in [0.2, 0.25) is 0 Å². The molecule has 0 spiro atoms. The number of nitrogens with zero attached hydrogens (tertiary/aromatic N) is 2. The number of benzene rings is 1. The number of methoxy groups -OCH3 is 2. The van der Waals surface area contributed by atoms with E-state index in [9.17, 15) is 10.1 Å². The summed E-state index contributed by atoms with van der Waals surface area (Å²) in [7, 11) is 3.15. The van der Waals surface area contributed by atoms with Crippen LogP contribution in [0.2, 0.25) is 0 Å². The fourth-order valence-electron chi connectivity index (χ4n) is 2.06. The number of nitriles is 1. The maximum atomic E-state index is 12.3. The third-order valence-corrected chi connectivity index (χ3v) is 3.16. The van der Waals surface area contributed by atoms with Crippen molar-refractivity contribution in [1.29, 1.82) is 5.26 Å².